The fraction of sp³-hybridized carbons (Fsp3) is 0.538. The van der Waals surface area contributed by atoms with Crippen LogP contribution >= 0.6 is 0 Å². The first-order chi connectivity index (χ1) is 7.66. The monoisotopic (exact) mass is 222 g/mol. The van der Waals surface area contributed by atoms with Gasteiger partial charge in [-0.15, -0.1) is 0 Å². The van der Waals surface area contributed by atoms with E-state index in [0.717, 1.165) is 30.6 Å². The van der Waals surface area contributed by atoms with Crippen LogP contribution in [0.3, 0.4) is 0 Å². The maximum atomic E-state index is 13.6. The maximum Gasteiger partial charge on any atom is 0.127 e. The van der Waals surface area contributed by atoms with Crippen LogP contribution in [0.5, 0.6) is 0 Å². The normalized spacial score (nSPS) is 20.6. The molecule has 1 N–H and O–H groups in total. The molecule has 1 unspecified atom stereocenters. The summed E-state index contributed by atoms with van der Waals surface area (Å²) in [6.07, 6.45) is 1.16. The van der Waals surface area contributed by atoms with Gasteiger partial charge in [-0.05, 0) is 33.0 Å². The summed E-state index contributed by atoms with van der Waals surface area (Å²) in [5.74, 6) is -0.0941. The summed E-state index contributed by atoms with van der Waals surface area (Å²) in [6, 6.07) is 5.86. The minimum Gasteiger partial charge on any atom is -0.315 e. The SMILES string of the molecule is Cc1ccc(F)c(CN(C)C2CCNC2)c1. The molecule has 1 aliphatic rings. The maximum absolute atomic E-state index is 13.6. The molecular weight excluding hydrogens is 203 g/mol. The third-order valence-electron chi connectivity index (χ3n) is 3.28. The van der Waals surface area contributed by atoms with Gasteiger partial charge < -0.3 is 5.32 Å². The largest absolute Gasteiger partial charge is 0.315 e. The van der Waals surface area contributed by atoms with Gasteiger partial charge in [-0.2, -0.15) is 0 Å². The van der Waals surface area contributed by atoms with Crippen LogP contribution in [-0.2, 0) is 6.54 Å². The number of aryl methyl sites for hydroxylation is 1. The van der Waals surface area contributed by atoms with Crippen molar-refractivity contribution >= 4 is 0 Å². The van der Waals surface area contributed by atoms with Crippen LogP contribution in [0.4, 0.5) is 4.39 Å². The average Bonchev–Trinajstić information content (AvgIpc) is 2.76. The summed E-state index contributed by atoms with van der Waals surface area (Å²) < 4.78 is 13.6. The third kappa shape index (κ3) is 2.60. The molecule has 0 amide bonds. The van der Waals surface area contributed by atoms with Gasteiger partial charge in [0.15, 0.2) is 0 Å². The van der Waals surface area contributed by atoms with Crippen molar-refractivity contribution in [3.05, 3.63) is 35.1 Å². The summed E-state index contributed by atoms with van der Waals surface area (Å²) >= 11 is 0. The van der Waals surface area contributed by atoms with Gasteiger partial charge in [-0.1, -0.05) is 17.7 Å². The van der Waals surface area contributed by atoms with Crippen molar-refractivity contribution in [3.8, 4) is 0 Å². The molecule has 0 aromatic heterocycles. The molecule has 2 nitrogen and oxygen atoms in total. The van der Waals surface area contributed by atoms with Crippen molar-refractivity contribution in [3.63, 3.8) is 0 Å². The van der Waals surface area contributed by atoms with Gasteiger partial charge in [0.1, 0.15) is 5.82 Å². The Morgan fingerprint density at radius 1 is 1.50 bits per heavy atom. The van der Waals surface area contributed by atoms with Gasteiger partial charge in [-0.3, -0.25) is 4.90 Å². The third-order valence-corrected chi connectivity index (χ3v) is 3.28. The molecule has 16 heavy (non-hydrogen) atoms. The molecule has 3 heteroatoms. The lowest BCUT2D eigenvalue weighted by molar-refractivity contribution is 0.245. The van der Waals surface area contributed by atoms with E-state index < -0.39 is 0 Å². The molecule has 0 aliphatic carbocycles. The molecule has 0 saturated carbocycles. The van der Waals surface area contributed by atoms with Crippen LogP contribution in [-0.4, -0.2) is 31.1 Å². The molecule has 88 valence electrons. The highest BCUT2D eigenvalue weighted by Gasteiger charge is 2.19. The number of benzene rings is 1. The van der Waals surface area contributed by atoms with Gasteiger partial charge in [0.25, 0.3) is 0 Å². The quantitative estimate of drug-likeness (QED) is 0.840. The molecule has 1 heterocycles. The summed E-state index contributed by atoms with van der Waals surface area (Å²) in [7, 11) is 2.07. The highest BCUT2D eigenvalue weighted by atomic mass is 19.1. The number of nitrogens with zero attached hydrogens (tertiary/aromatic N) is 1. The Hall–Kier alpha value is -0.930. The van der Waals surface area contributed by atoms with Crippen LogP contribution in [0, 0.1) is 12.7 Å². The highest BCUT2D eigenvalue weighted by molar-refractivity contribution is 5.24. The first kappa shape index (κ1) is 11.6. The lowest BCUT2D eigenvalue weighted by Crippen LogP contribution is -2.33. The lowest BCUT2D eigenvalue weighted by Gasteiger charge is -2.23. The van der Waals surface area contributed by atoms with Crippen LogP contribution in [0.15, 0.2) is 18.2 Å². The van der Waals surface area contributed by atoms with Crippen molar-refractivity contribution in [2.24, 2.45) is 0 Å². The van der Waals surface area contributed by atoms with Gasteiger partial charge in [0.05, 0.1) is 0 Å². The number of rotatable bonds is 3. The van der Waals surface area contributed by atoms with Crippen LogP contribution in [0.1, 0.15) is 17.5 Å². The Morgan fingerprint density at radius 3 is 3.00 bits per heavy atom. The van der Waals surface area contributed by atoms with E-state index in [1.807, 2.05) is 19.1 Å². The minimum atomic E-state index is -0.0941. The summed E-state index contributed by atoms with van der Waals surface area (Å²) in [5.41, 5.74) is 1.92. The zero-order valence-corrected chi connectivity index (χ0v) is 9.96. The topological polar surface area (TPSA) is 15.3 Å². The molecular formula is C13H19FN2. The Bertz CT molecular complexity index is 359. The molecule has 0 radical (unpaired) electrons. The molecule has 0 bridgehead atoms. The second kappa shape index (κ2) is 4.93. The fourth-order valence-electron chi connectivity index (χ4n) is 2.24. The molecule has 1 aromatic carbocycles. The predicted octanol–water partition coefficient (Wildman–Crippen LogP) is 1.93. The molecule has 0 spiro atoms. The Labute approximate surface area is 96.5 Å². The van der Waals surface area contributed by atoms with Gasteiger partial charge >= 0.3 is 0 Å². The van der Waals surface area contributed by atoms with E-state index in [-0.39, 0.29) is 5.82 Å². The molecule has 1 aliphatic heterocycles. The summed E-state index contributed by atoms with van der Waals surface area (Å²) in [6.45, 7) is 4.79. The van der Waals surface area contributed by atoms with E-state index in [4.69, 9.17) is 0 Å². The first-order valence-corrected chi connectivity index (χ1v) is 5.83. The average molecular weight is 222 g/mol. The lowest BCUT2D eigenvalue weighted by atomic mass is 10.1. The highest BCUT2D eigenvalue weighted by Crippen LogP contribution is 2.15. The van der Waals surface area contributed by atoms with Crippen LogP contribution in [0.2, 0.25) is 0 Å². The number of likely N-dealkylation sites (N-methyl/N-ethyl adjacent to an activating group) is 1. The van der Waals surface area contributed by atoms with Gasteiger partial charge in [0.2, 0.25) is 0 Å². The summed E-state index contributed by atoms with van der Waals surface area (Å²) in [5, 5.41) is 3.33. The standard InChI is InChI=1S/C13H19FN2/c1-10-3-4-13(14)11(7-10)9-16(2)12-5-6-15-8-12/h3-4,7,12,15H,5-6,8-9H2,1-2H3. The molecule has 1 atom stereocenters. The van der Waals surface area contributed by atoms with Crippen LogP contribution in [0.25, 0.3) is 0 Å². The Kier molecular flexibility index (Phi) is 3.56. The Balaban J connectivity index is 2.04. The predicted molar refractivity (Wildman–Crippen MR) is 63.9 cm³/mol. The van der Waals surface area contributed by atoms with Crippen molar-refractivity contribution in [1.82, 2.24) is 10.2 Å². The van der Waals surface area contributed by atoms with Crippen LogP contribution < -0.4 is 5.32 Å². The van der Waals surface area contributed by atoms with Crippen molar-refractivity contribution in [2.75, 3.05) is 20.1 Å². The molecule has 2 rings (SSSR count). The van der Waals surface area contributed by atoms with E-state index >= 15 is 0 Å². The zero-order valence-electron chi connectivity index (χ0n) is 9.96. The zero-order chi connectivity index (χ0) is 11.5. The summed E-state index contributed by atoms with van der Waals surface area (Å²) in [4.78, 5) is 2.23. The Morgan fingerprint density at radius 2 is 2.31 bits per heavy atom. The van der Waals surface area contributed by atoms with E-state index in [0.29, 0.717) is 12.6 Å². The minimum absolute atomic E-state index is 0.0941. The molecule has 1 fully saturated rings. The number of hydrogen-bond acceptors (Lipinski definition) is 2. The molecule has 1 aromatic rings. The van der Waals surface area contributed by atoms with E-state index in [9.17, 15) is 4.39 Å². The van der Waals surface area contributed by atoms with Crippen molar-refractivity contribution in [2.45, 2.75) is 25.9 Å². The number of halogens is 1. The van der Waals surface area contributed by atoms with Gasteiger partial charge in [-0.25, -0.2) is 4.39 Å². The molecule has 1 saturated heterocycles. The van der Waals surface area contributed by atoms with E-state index in [1.165, 1.54) is 0 Å². The number of nitrogens with one attached hydrogen (secondary N) is 1. The smallest absolute Gasteiger partial charge is 0.127 e. The van der Waals surface area contributed by atoms with Gasteiger partial charge in [0, 0.05) is 24.7 Å². The van der Waals surface area contributed by atoms with E-state index in [1.54, 1.807) is 6.07 Å². The fourth-order valence-corrected chi connectivity index (χ4v) is 2.24. The van der Waals surface area contributed by atoms with E-state index in [2.05, 4.69) is 17.3 Å². The second-order valence-corrected chi connectivity index (χ2v) is 4.66. The first-order valence-electron chi connectivity index (χ1n) is 5.83. The second-order valence-electron chi connectivity index (χ2n) is 4.66. The van der Waals surface area contributed by atoms with Crippen molar-refractivity contribution in [1.29, 1.82) is 0 Å². The van der Waals surface area contributed by atoms with Crippen molar-refractivity contribution < 1.29 is 4.39 Å². The number of hydrogen-bond donors (Lipinski definition) is 1.